The number of fused-ring (bicyclic) bond motifs is 2. The van der Waals surface area contributed by atoms with E-state index in [2.05, 4.69) is 25.3 Å². The van der Waals surface area contributed by atoms with E-state index >= 15 is 0 Å². The number of anilines is 2. The van der Waals surface area contributed by atoms with E-state index in [9.17, 15) is 13.6 Å². The van der Waals surface area contributed by atoms with E-state index in [0.29, 0.717) is 34.7 Å². The van der Waals surface area contributed by atoms with Crippen molar-refractivity contribution in [3.63, 3.8) is 0 Å². The molecule has 0 saturated heterocycles. The first-order chi connectivity index (χ1) is 16.4. The Balaban J connectivity index is 1.75. The molecule has 0 amide bonds. The first-order valence-electron chi connectivity index (χ1n) is 10.6. The van der Waals surface area contributed by atoms with Crippen molar-refractivity contribution in [2.45, 2.75) is 26.3 Å². The fraction of sp³-hybridized carbons (Fsp3) is 0.174. The number of nitrogens with one attached hydrogen (secondary N) is 2. The molecule has 5 rings (SSSR count). The molecule has 11 heteroatoms. The number of aromatic nitrogens is 6. The average molecular weight is 462 g/mol. The average Bonchev–Trinajstić information content (AvgIpc) is 3.26. The molecular formula is C23H20F2N8O. The predicted molar refractivity (Wildman–Crippen MR) is 124 cm³/mol. The number of H-pyrrole nitrogens is 1. The largest absolute Gasteiger partial charge is 0.368 e. The number of nitrogens with two attached hydrogens (primary N) is 1. The van der Waals surface area contributed by atoms with Gasteiger partial charge < -0.3 is 16.0 Å². The Kier molecular flexibility index (Phi) is 5.16. The second-order valence-electron chi connectivity index (χ2n) is 7.80. The molecule has 1 aromatic carbocycles. The van der Waals surface area contributed by atoms with Gasteiger partial charge in [-0.25, -0.2) is 18.7 Å². The quantitative estimate of drug-likeness (QED) is 0.364. The van der Waals surface area contributed by atoms with Gasteiger partial charge in [0.15, 0.2) is 11.5 Å². The molecule has 5 aromatic rings. The van der Waals surface area contributed by atoms with Crippen molar-refractivity contribution in [3.8, 4) is 11.1 Å². The van der Waals surface area contributed by atoms with E-state index in [-0.39, 0.29) is 17.1 Å². The van der Waals surface area contributed by atoms with Crippen LogP contribution in [0.4, 0.5) is 20.5 Å². The highest BCUT2D eigenvalue weighted by Crippen LogP contribution is 2.29. The highest BCUT2D eigenvalue weighted by atomic mass is 19.1. The third-order valence-corrected chi connectivity index (χ3v) is 5.54. The molecule has 0 aliphatic heterocycles. The van der Waals surface area contributed by atoms with Gasteiger partial charge >= 0.3 is 0 Å². The van der Waals surface area contributed by atoms with Crippen molar-refractivity contribution in [3.05, 3.63) is 76.1 Å². The summed E-state index contributed by atoms with van der Waals surface area (Å²) in [6.45, 7) is 3.68. The van der Waals surface area contributed by atoms with E-state index in [0.717, 1.165) is 23.9 Å². The fourth-order valence-corrected chi connectivity index (χ4v) is 4.05. The zero-order valence-electron chi connectivity index (χ0n) is 18.3. The molecule has 0 aliphatic rings. The molecule has 0 bridgehead atoms. The number of aromatic amines is 1. The minimum atomic E-state index is -0.794. The van der Waals surface area contributed by atoms with Crippen LogP contribution in [0.5, 0.6) is 0 Å². The van der Waals surface area contributed by atoms with Crippen LogP contribution in [0.2, 0.25) is 0 Å². The lowest BCUT2D eigenvalue weighted by Crippen LogP contribution is -2.25. The summed E-state index contributed by atoms with van der Waals surface area (Å²) < 4.78 is 29.7. The van der Waals surface area contributed by atoms with Crippen LogP contribution in [0.1, 0.15) is 31.3 Å². The number of nitrogens with zero attached hydrogens (tertiary/aromatic N) is 5. The lowest BCUT2D eigenvalue weighted by Gasteiger charge is -2.20. The molecule has 4 heterocycles. The highest BCUT2D eigenvalue weighted by Gasteiger charge is 2.23. The van der Waals surface area contributed by atoms with Crippen LogP contribution in [0, 0.1) is 11.6 Å². The van der Waals surface area contributed by atoms with E-state index in [1.165, 1.54) is 10.7 Å². The summed E-state index contributed by atoms with van der Waals surface area (Å²) in [5.74, 6) is -1.22. The van der Waals surface area contributed by atoms with Crippen molar-refractivity contribution < 1.29 is 8.78 Å². The fourth-order valence-electron chi connectivity index (χ4n) is 4.05. The Hall–Kier alpha value is -4.41. The van der Waals surface area contributed by atoms with Gasteiger partial charge in [-0.3, -0.25) is 9.20 Å². The number of imidazole rings is 1. The minimum absolute atomic E-state index is 0.0147. The standard InChI is InChI=1S/C23H20F2N8O/c1-3-15-5-4-6-16-30-18(11(2)29-21-19-20(28-10-27-19)31-23(26)32-21)17(22(34)33(15)16)12-7-13(24)9-14(25)8-12/h4-11H,3H2,1-2H3,(H4,26,27,28,29,31,32). The molecular weight excluding hydrogens is 442 g/mol. The van der Waals surface area contributed by atoms with Crippen LogP contribution in [0.15, 0.2) is 47.5 Å². The van der Waals surface area contributed by atoms with Gasteiger partial charge in [0.1, 0.15) is 22.8 Å². The highest BCUT2D eigenvalue weighted by molar-refractivity contribution is 5.83. The van der Waals surface area contributed by atoms with Gasteiger partial charge in [-0.1, -0.05) is 13.0 Å². The summed E-state index contributed by atoms with van der Waals surface area (Å²) in [5.41, 5.74) is 7.89. The SMILES string of the molecule is CCc1cccc2nc(C(C)Nc3nc(N)nc4nc[nH]c34)c(-c3cc(F)cc(F)c3)c(=O)n12. The topological polar surface area (TPSA) is 127 Å². The van der Waals surface area contributed by atoms with Crippen LogP contribution in [-0.2, 0) is 6.42 Å². The monoisotopic (exact) mass is 462 g/mol. The molecule has 0 spiro atoms. The Morgan fingerprint density at radius 3 is 2.65 bits per heavy atom. The van der Waals surface area contributed by atoms with Gasteiger partial charge in [0.2, 0.25) is 5.95 Å². The number of benzene rings is 1. The van der Waals surface area contributed by atoms with Crippen LogP contribution in [-0.4, -0.2) is 29.3 Å². The summed E-state index contributed by atoms with van der Waals surface area (Å²) in [4.78, 5) is 33.8. The third kappa shape index (κ3) is 3.60. The number of rotatable bonds is 5. The number of aryl methyl sites for hydroxylation is 1. The van der Waals surface area contributed by atoms with Crippen LogP contribution in [0.3, 0.4) is 0 Å². The van der Waals surface area contributed by atoms with E-state index in [1.54, 1.807) is 13.0 Å². The second kappa shape index (κ2) is 8.18. The van der Waals surface area contributed by atoms with Crippen LogP contribution >= 0.6 is 0 Å². The van der Waals surface area contributed by atoms with E-state index in [4.69, 9.17) is 10.7 Å². The predicted octanol–water partition coefficient (Wildman–Crippen LogP) is 3.62. The van der Waals surface area contributed by atoms with Gasteiger partial charge in [-0.2, -0.15) is 9.97 Å². The Morgan fingerprint density at radius 1 is 1.15 bits per heavy atom. The second-order valence-corrected chi connectivity index (χ2v) is 7.80. The number of pyridine rings is 1. The molecule has 4 aromatic heterocycles. The first kappa shape index (κ1) is 21.4. The molecule has 1 unspecified atom stereocenters. The minimum Gasteiger partial charge on any atom is -0.368 e. The molecule has 1 atom stereocenters. The smallest absolute Gasteiger partial charge is 0.266 e. The van der Waals surface area contributed by atoms with Gasteiger partial charge in [0.05, 0.1) is 23.6 Å². The zero-order valence-corrected chi connectivity index (χ0v) is 18.3. The van der Waals surface area contributed by atoms with Gasteiger partial charge in [0.25, 0.3) is 5.56 Å². The maximum Gasteiger partial charge on any atom is 0.266 e. The van der Waals surface area contributed by atoms with Gasteiger partial charge in [-0.15, -0.1) is 0 Å². The number of hydrogen-bond donors (Lipinski definition) is 3. The number of halogens is 2. The number of hydrogen-bond acceptors (Lipinski definition) is 7. The molecule has 9 nitrogen and oxygen atoms in total. The lowest BCUT2D eigenvalue weighted by atomic mass is 10.0. The van der Waals surface area contributed by atoms with Crippen LogP contribution in [0.25, 0.3) is 27.9 Å². The molecule has 0 aliphatic carbocycles. The van der Waals surface area contributed by atoms with Crippen molar-refractivity contribution in [1.29, 1.82) is 0 Å². The maximum atomic E-state index is 14.1. The van der Waals surface area contributed by atoms with E-state index in [1.807, 2.05) is 19.1 Å². The molecule has 0 radical (unpaired) electrons. The Morgan fingerprint density at radius 2 is 1.91 bits per heavy atom. The summed E-state index contributed by atoms with van der Waals surface area (Å²) >= 11 is 0. The Bertz CT molecular complexity index is 1590. The summed E-state index contributed by atoms with van der Waals surface area (Å²) in [7, 11) is 0. The van der Waals surface area contributed by atoms with Crippen molar-refractivity contribution in [1.82, 2.24) is 29.3 Å². The summed E-state index contributed by atoms with van der Waals surface area (Å²) in [5, 5.41) is 3.19. The Labute approximate surface area is 191 Å². The third-order valence-electron chi connectivity index (χ3n) is 5.54. The molecule has 0 saturated carbocycles. The van der Waals surface area contributed by atoms with Crippen molar-refractivity contribution in [2.24, 2.45) is 0 Å². The molecule has 34 heavy (non-hydrogen) atoms. The summed E-state index contributed by atoms with van der Waals surface area (Å²) in [6.07, 6.45) is 2.03. The zero-order chi connectivity index (χ0) is 24.0. The van der Waals surface area contributed by atoms with Gasteiger partial charge in [0, 0.05) is 11.8 Å². The lowest BCUT2D eigenvalue weighted by molar-refractivity contribution is 0.584. The maximum absolute atomic E-state index is 14.1. The number of nitrogen functional groups attached to an aromatic ring is 1. The first-order valence-corrected chi connectivity index (χ1v) is 10.6. The van der Waals surface area contributed by atoms with Crippen molar-refractivity contribution in [2.75, 3.05) is 11.1 Å². The molecule has 4 N–H and O–H groups in total. The van der Waals surface area contributed by atoms with Crippen LogP contribution < -0.4 is 16.6 Å². The van der Waals surface area contributed by atoms with Gasteiger partial charge in [-0.05, 0) is 43.2 Å². The molecule has 172 valence electrons. The van der Waals surface area contributed by atoms with E-state index < -0.39 is 23.2 Å². The molecule has 0 fully saturated rings. The van der Waals surface area contributed by atoms with Crippen molar-refractivity contribution >= 4 is 28.6 Å². The normalized spacial score (nSPS) is 12.4. The summed E-state index contributed by atoms with van der Waals surface area (Å²) in [6, 6.07) is 7.72.